The van der Waals surface area contributed by atoms with Crippen LogP contribution in [0.15, 0.2) is 24.3 Å². The number of carboxylic acid groups (broad SMARTS) is 1. The van der Waals surface area contributed by atoms with Gasteiger partial charge in [-0.25, -0.2) is 8.42 Å². The zero-order chi connectivity index (χ0) is 15.3. The summed E-state index contributed by atoms with van der Waals surface area (Å²) in [6, 6.07) is 7.07. The Bertz CT molecular complexity index is 570. The Labute approximate surface area is 119 Å². The molecular formula is C13H19NO5S. The van der Waals surface area contributed by atoms with Gasteiger partial charge in [0.2, 0.25) is 10.0 Å². The molecule has 0 amide bonds. The van der Waals surface area contributed by atoms with Crippen LogP contribution in [0.25, 0.3) is 0 Å². The van der Waals surface area contributed by atoms with E-state index in [9.17, 15) is 13.2 Å². The standard InChI is InChI=1S/C13H19NO5S/c1-4-19-12-8-6-5-7-11(12)9-14(3)20(17,18)10(2)13(15)16/h5-8,10H,4,9H2,1-3H3,(H,15,16). The normalized spacial score (nSPS) is 13.2. The average Bonchev–Trinajstić information content (AvgIpc) is 2.40. The number of aliphatic carboxylic acids is 1. The average molecular weight is 301 g/mol. The third-order valence-corrected chi connectivity index (χ3v) is 4.99. The number of rotatable bonds is 7. The first-order chi connectivity index (χ1) is 9.30. The van der Waals surface area contributed by atoms with Gasteiger partial charge in [-0.2, -0.15) is 4.31 Å². The van der Waals surface area contributed by atoms with Crippen molar-refractivity contribution in [3.63, 3.8) is 0 Å². The summed E-state index contributed by atoms with van der Waals surface area (Å²) in [4.78, 5) is 10.8. The second-order valence-corrected chi connectivity index (χ2v) is 6.68. The number of nitrogens with zero attached hydrogens (tertiary/aromatic N) is 1. The van der Waals surface area contributed by atoms with Crippen LogP contribution >= 0.6 is 0 Å². The first kappa shape index (κ1) is 16.5. The monoisotopic (exact) mass is 301 g/mol. The zero-order valence-corrected chi connectivity index (χ0v) is 12.6. The molecule has 0 fully saturated rings. The maximum absolute atomic E-state index is 12.0. The smallest absolute Gasteiger partial charge is 0.323 e. The molecule has 7 heteroatoms. The lowest BCUT2D eigenvalue weighted by Gasteiger charge is -2.21. The van der Waals surface area contributed by atoms with Crippen LogP contribution in [0.4, 0.5) is 0 Å². The number of para-hydroxylation sites is 1. The van der Waals surface area contributed by atoms with Gasteiger partial charge >= 0.3 is 5.97 Å². The van der Waals surface area contributed by atoms with Crippen LogP contribution in [0.5, 0.6) is 5.75 Å². The molecule has 0 aromatic heterocycles. The molecule has 0 spiro atoms. The van der Waals surface area contributed by atoms with E-state index in [0.717, 1.165) is 11.2 Å². The van der Waals surface area contributed by atoms with Crippen molar-refractivity contribution in [3.8, 4) is 5.75 Å². The van der Waals surface area contributed by atoms with Gasteiger partial charge < -0.3 is 9.84 Å². The molecule has 0 bridgehead atoms. The Kier molecular flexibility index (Phi) is 5.52. The van der Waals surface area contributed by atoms with Crippen molar-refractivity contribution >= 4 is 16.0 Å². The second kappa shape index (κ2) is 6.71. The van der Waals surface area contributed by atoms with E-state index in [1.54, 1.807) is 24.3 Å². The first-order valence-electron chi connectivity index (χ1n) is 6.19. The van der Waals surface area contributed by atoms with E-state index in [-0.39, 0.29) is 6.54 Å². The molecule has 1 aromatic rings. The maximum atomic E-state index is 12.0. The van der Waals surface area contributed by atoms with Gasteiger partial charge in [0.25, 0.3) is 0 Å². The molecule has 0 saturated carbocycles. The molecule has 0 aliphatic heterocycles. The van der Waals surface area contributed by atoms with Gasteiger partial charge in [-0.05, 0) is 19.9 Å². The molecule has 0 heterocycles. The van der Waals surface area contributed by atoms with Crippen molar-refractivity contribution in [1.29, 1.82) is 0 Å². The summed E-state index contributed by atoms with van der Waals surface area (Å²) in [7, 11) is -2.53. The molecule has 0 aliphatic rings. The van der Waals surface area contributed by atoms with Crippen LogP contribution in [0.3, 0.4) is 0 Å². The SMILES string of the molecule is CCOc1ccccc1CN(C)S(=O)(=O)C(C)C(=O)O. The molecule has 6 nitrogen and oxygen atoms in total. The van der Waals surface area contributed by atoms with Crippen LogP contribution in [0.1, 0.15) is 19.4 Å². The van der Waals surface area contributed by atoms with Crippen LogP contribution < -0.4 is 4.74 Å². The quantitative estimate of drug-likeness (QED) is 0.821. The number of ether oxygens (including phenoxy) is 1. The number of carbonyl (C=O) groups is 1. The maximum Gasteiger partial charge on any atom is 0.323 e. The van der Waals surface area contributed by atoms with E-state index < -0.39 is 21.2 Å². The van der Waals surface area contributed by atoms with Gasteiger partial charge in [0.05, 0.1) is 6.61 Å². The molecule has 1 unspecified atom stereocenters. The van der Waals surface area contributed by atoms with Gasteiger partial charge in [0.1, 0.15) is 5.75 Å². The van der Waals surface area contributed by atoms with Crippen LogP contribution in [0, 0.1) is 0 Å². The predicted octanol–water partition coefficient (Wildman–Crippen LogP) is 1.32. The minimum absolute atomic E-state index is 0.0656. The van der Waals surface area contributed by atoms with Gasteiger partial charge in [-0.1, -0.05) is 18.2 Å². The molecular weight excluding hydrogens is 282 g/mol. The predicted molar refractivity (Wildman–Crippen MR) is 75.1 cm³/mol. The topological polar surface area (TPSA) is 83.9 Å². The lowest BCUT2D eigenvalue weighted by molar-refractivity contribution is -0.136. The molecule has 1 N–H and O–H groups in total. The van der Waals surface area contributed by atoms with E-state index in [4.69, 9.17) is 9.84 Å². The van der Waals surface area contributed by atoms with E-state index >= 15 is 0 Å². The van der Waals surface area contributed by atoms with Gasteiger partial charge in [0, 0.05) is 19.2 Å². The van der Waals surface area contributed by atoms with Gasteiger partial charge in [-0.3, -0.25) is 4.79 Å². The summed E-state index contributed by atoms with van der Waals surface area (Å²) in [5, 5.41) is 7.36. The minimum Gasteiger partial charge on any atom is -0.494 e. The Balaban J connectivity index is 2.96. The Morgan fingerprint density at radius 2 is 2.00 bits per heavy atom. The van der Waals surface area contributed by atoms with Crippen molar-refractivity contribution < 1.29 is 23.1 Å². The molecule has 20 heavy (non-hydrogen) atoms. The summed E-state index contributed by atoms with van der Waals surface area (Å²) in [5.74, 6) is -0.769. The molecule has 0 saturated heterocycles. The fourth-order valence-electron chi connectivity index (χ4n) is 1.66. The third kappa shape index (κ3) is 3.71. The summed E-state index contributed by atoms with van der Waals surface area (Å²) in [5.41, 5.74) is 0.693. The Hall–Kier alpha value is -1.60. The minimum atomic E-state index is -3.89. The van der Waals surface area contributed by atoms with Crippen LogP contribution in [0.2, 0.25) is 0 Å². The van der Waals surface area contributed by atoms with E-state index in [0.29, 0.717) is 17.9 Å². The van der Waals surface area contributed by atoms with Crippen molar-refractivity contribution in [1.82, 2.24) is 4.31 Å². The molecule has 1 aromatic carbocycles. The highest BCUT2D eigenvalue weighted by Crippen LogP contribution is 2.21. The highest BCUT2D eigenvalue weighted by molar-refractivity contribution is 7.90. The fraction of sp³-hybridized carbons (Fsp3) is 0.462. The van der Waals surface area contributed by atoms with Crippen LogP contribution in [-0.4, -0.2) is 42.7 Å². The number of hydrogen-bond acceptors (Lipinski definition) is 4. The number of hydrogen-bond donors (Lipinski definition) is 1. The Morgan fingerprint density at radius 3 is 2.55 bits per heavy atom. The number of sulfonamides is 1. The second-order valence-electron chi connectivity index (χ2n) is 4.32. The van der Waals surface area contributed by atoms with Crippen molar-refractivity contribution in [2.24, 2.45) is 0 Å². The van der Waals surface area contributed by atoms with Crippen molar-refractivity contribution in [2.75, 3.05) is 13.7 Å². The first-order valence-corrected chi connectivity index (χ1v) is 7.69. The summed E-state index contributed by atoms with van der Waals surface area (Å²) < 4.78 is 30.6. The highest BCUT2D eigenvalue weighted by atomic mass is 32.2. The third-order valence-electron chi connectivity index (χ3n) is 2.89. The summed E-state index contributed by atoms with van der Waals surface area (Å²) in [6.45, 7) is 3.53. The summed E-state index contributed by atoms with van der Waals surface area (Å²) >= 11 is 0. The Morgan fingerprint density at radius 1 is 1.40 bits per heavy atom. The van der Waals surface area contributed by atoms with Crippen molar-refractivity contribution in [3.05, 3.63) is 29.8 Å². The van der Waals surface area contributed by atoms with Crippen LogP contribution in [-0.2, 0) is 21.4 Å². The zero-order valence-electron chi connectivity index (χ0n) is 11.7. The van der Waals surface area contributed by atoms with E-state index in [1.807, 2.05) is 6.92 Å². The molecule has 0 aliphatic carbocycles. The highest BCUT2D eigenvalue weighted by Gasteiger charge is 2.31. The lowest BCUT2D eigenvalue weighted by atomic mass is 10.2. The van der Waals surface area contributed by atoms with Gasteiger partial charge in [0.15, 0.2) is 5.25 Å². The molecule has 1 rings (SSSR count). The molecule has 0 radical (unpaired) electrons. The number of benzene rings is 1. The lowest BCUT2D eigenvalue weighted by Crippen LogP contribution is -2.38. The van der Waals surface area contributed by atoms with E-state index in [1.165, 1.54) is 7.05 Å². The van der Waals surface area contributed by atoms with Crippen molar-refractivity contribution in [2.45, 2.75) is 25.6 Å². The molecule has 1 atom stereocenters. The largest absolute Gasteiger partial charge is 0.494 e. The summed E-state index contributed by atoms with van der Waals surface area (Å²) in [6.07, 6.45) is 0. The number of carboxylic acids is 1. The van der Waals surface area contributed by atoms with Gasteiger partial charge in [-0.15, -0.1) is 0 Å². The fourth-order valence-corrected chi connectivity index (χ4v) is 2.77. The van der Waals surface area contributed by atoms with E-state index in [2.05, 4.69) is 0 Å². The molecule has 112 valence electrons.